The van der Waals surface area contributed by atoms with Crippen LogP contribution in [-0.2, 0) is 9.53 Å². The quantitative estimate of drug-likeness (QED) is 0.289. The molecule has 0 aliphatic carbocycles. The summed E-state index contributed by atoms with van der Waals surface area (Å²) in [7, 11) is 0. The van der Waals surface area contributed by atoms with Crippen LogP contribution in [0.2, 0.25) is 10.0 Å². The Bertz CT molecular complexity index is 1540. The Kier molecular flexibility index (Phi) is 6.70. The van der Waals surface area contributed by atoms with Gasteiger partial charge in [-0.15, -0.1) is 0 Å². The van der Waals surface area contributed by atoms with Gasteiger partial charge in [0.25, 0.3) is 11.2 Å². The molecule has 1 aromatic heterocycles. The highest BCUT2D eigenvalue weighted by atomic mass is 35.5. The molecular formula is C23H17Cl2N3O5S. The molecule has 0 saturated heterocycles. The number of nitro benzene ring substituents is 1. The molecule has 174 valence electrons. The zero-order valence-electron chi connectivity index (χ0n) is 18.0. The number of benzene rings is 2. The van der Waals surface area contributed by atoms with E-state index >= 15 is 0 Å². The van der Waals surface area contributed by atoms with Crippen molar-refractivity contribution >= 4 is 52.3 Å². The second-order valence-electron chi connectivity index (χ2n) is 7.32. The summed E-state index contributed by atoms with van der Waals surface area (Å²) >= 11 is 13.4. The molecule has 1 aliphatic rings. The van der Waals surface area contributed by atoms with Crippen molar-refractivity contribution in [2.75, 3.05) is 6.61 Å². The molecule has 0 N–H and O–H groups in total. The third kappa shape index (κ3) is 4.42. The third-order valence-corrected chi connectivity index (χ3v) is 6.71. The summed E-state index contributed by atoms with van der Waals surface area (Å²) in [5.41, 5.74) is 0.914. The van der Waals surface area contributed by atoms with Crippen molar-refractivity contribution in [3.8, 4) is 0 Å². The van der Waals surface area contributed by atoms with Crippen LogP contribution >= 0.6 is 34.5 Å². The fourth-order valence-corrected chi connectivity index (χ4v) is 5.18. The van der Waals surface area contributed by atoms with Crippen LogP contribution in [0.3, 0.4) is 0 Å². The molecule has 34 heavy (non-hydrogen) atoms. The lowest BCUT2D eigenvalue weighted by atomic mass is 9.95. The van der Waals surface area contributed by atoms with Gasteiger partial charge in [0.1, 0.15) is 0 Å². The Morgan fingerprint density at radius 2 is 2.06 bits per heavy atom. The minimum Gasteiger partial charge on any atom is -0.463 e. The number of carbonyl (C=O) groups excluding carboxylic acids is 1. The maximum absolute atomic E-state index is 13.5. The standard InChI is InChI=1S/C23H17Cl2N3O5S/c1-3-33-22(30)19-12(2)26-23-27(20(19)14-5-4-6-16(9-14)28(31)32)21(29)18(34-23)10-13-7-8-15(24)11-17(13)25/h4-11,20H,3H2,1-2H3/b18-10-/t20-/m0/s1. The van der Waals surface area contributed by atoms with Crippen LogP contribution in [0.15, 0.2) is 63.5 Å². The second-order valence-corrected chi connectivity index (χ2v) is 9.17. The molecule has 0 amide bonds. The predicted molar refractivity (Wildman–Crippen MR) is 130 cm³/mol. The number of carbonyl (C=O) groups is 1. The van der Waals surface area contributed by atoms with E-state index in [1.807, 2.05) is 0 Å². The summed E-state index contributed by atoms with van der Waals surface area (Å²) in [5.74, 6) is -0.643. The summed E-state index contributed by atoms with van der Waals surface area (Å²) in [6.45, 7) is 3.43. The minimum atomic E-state index is -0.946. The molecule has 2 aromatic carbocycles. The number of allylic oxidation sites excluding steroid dienone is 1. The molecule has 0 unspecified atom stereocenters. The zero-order chi connectivity index (χ0) is 24.6. The van der Waals surface area contributed by atoms with Gasteiger partial charge in [-0.1, -0.05) is 52.7 Å². The lowest BCUT2D eigenvalue weighted by Gasteiger charge is -2.24. The fourth-order valence-electron chi connectivity index (χ4n) is 3.68. The third-order valence-electron chi connectivity index (χ3n) is 5.16. The van der Waals surface area contributed by atoms with E-state index in [-0.39, 0.29) is 17.9 Å². The molecular weight excluding hydrogens is 501 g/mol. The fraction of sp³-hybridized carbons (Fsp3) is 0.174. The van der Waals surface area contributed by atoms with Crippen molar-refractivity contribution in [3.63, 3.8) is 0 Å². The number of thiazole rings is 1. The second kappa shape index (κ2) is 9.54. The summed E-state index contributed by atoms with van der Waals surface area (Å²) in [6, 6.07) is 9.80. The molecule has 0 spiro atoms. The number of hydrogen-bond acceptors (Lipinski definition) is 7. The first-order valence-electron chi connectivity index (χ1n) is 10.1. The number of non-ortho nitro benzene ring substituents is 1. The maximum Gasteiger partial charge on any atom is 0.338 e. The lowest BCUT2D eigenvalue weighted by Crippen LogP contribution is -2.40. The van der Waals surface area contributed by atoms with Crippen LogP contribution in [0.25, 0.3) is 6.08 Å². The van der Waals surface area contributed by atoms with E-state index in [2.05, 4.69) is 4.99 Å². The topological polar surface area (TPSA) is 104 Å². The highest BCUT2D eigenvalue weighted by molar-refractivity contribution is 7.07. The Morgan fingerprint density at radius 3 is 2.74 bits per heavy atom. The van der Waals surface area contributed by atoms with Crippen LogP contribution in [-0.4, -0.2) is 22.1 Å². The van der Waals surface area contributed by atoms with E-state index in [9.17, 15) is 19.7 Å². The normalized spacial score (nSPS) is 15.6. The van der Waals surface area contributed by atoms with Crippen LogP contribution in [0.4, 0.5) is 5.69 Å². The number of aromatic nitrogens is 1. The molecule has 1 aliphatic heterocycles. The van der Waals surface area contributed by atoms with Gasteiger partial charge >= 0.3 is 5.97 Å². The lowest BCUT2D eigenvalue weighted by molar-refractivity contribution is -0.384. The van der Waals surface area contributed by atoms with Crippen LogP contribution < -0.4 is 14.9 Å². The number of nitrogens with zero attached hydrogens (tertiary/aromatic N) is 3. The average Bonchev–Trinajstić information content (AvgIpc) is 3.09. The molecule has 0 saturated carbocycles. The van der Waals surface area contributed by atoms with E-state index in [1.54, 1.807) is 44.2 Å². The molecule has 2 heterocycles. The van der Waals surface area contributed by atoms with Crippen molar-refractivity contribution in [2.24, 2.45) is 4.99 Å². The number of nitro groups is 1. The molecule has 0 radical (unpaired) electrons. The van der Waals surface area contributed by atoms with Crippen molar-refractivity contribution in [3.05, 3.63) is 105 Å². The van der Waals surface area contributed by atoms with Gasteiger partial charge in [-0.3, -0.25) is 19.5 Å². The predicted octanol–water partition coefficient (Wildman–Crippen LogP) is 4.01. The molecule has 0 bridgehead atoms. The first-order chi connectivity index (χ1) is 16.2. The largest absolute Gasteiger partial charge is 0.463 e. The van der Waals surface area contributed by atoms with Gasteiger partial charge in [0.2, 0.25) is 0 Å². The Labute approximate surface area is 207 Å². The monoisotopic (exact) mass is 517 g/mol. The van der Waals surface area contributed by atoms with E-state index in [1.165, 1.54) is 22.8 Å². The molecule has 4 rings (SSSR count). The highest BCUT2D eigenvalue weighted by Gasteiger charge is 2.34. The van der Waals surface area contributed by atoms with Crippen molar-refractivity contribution in [1.82, 2.24) is 4.57 Å². The molecule has 1 atom stereocenters. The van der Waals surface area contributed by atoms with Crippen LogP contribution in [0.1, 0.15) is 31.0 Å². The van der Waals surface area contributed by atoms with Crippen molar-refractivity contribution in [2.45, 2.75) is 19.9 Å². The van der Waals surface area contributed by atoms with Crippen LogP contribution in [0, 0.1) is 10.1 Å². The van der Waals surface area contributed by atoms with Crippen LogP contribution in [0.5, 0.6) is 0 Å². The highest BCUT2D eigenvalue weighted by Crippen LogP contribution is 2.32. The number of halogens is 2. The number of rotatable bonds is 5. The van der Waals surface area contributed by atoms with Crippen molar-refractivity contribution < 1.29 is 14.5 Å². The van der Waals surface area contributed by atoms with E-state index in [0.717, 1.165) is 11.3 Å². The van der Waals surface area contributed by atoms with Gasteiger partial charge < -0.3 is 4.74 Å². The molecule has 8 nitrogen and oxygen atoms in total. The van der Waals surface area contributed by atoms with Gasteiger partial charge in [-0.25, -0.2) is 9.79 Å². The molecule has 11 heteroatoms. The SMILES string of the molecule is CCOC(=O)C1=C(C)N=c2s/c(=C\c3ccc(Cl)cc3Cl)c(=O)n2[C@H]1c1cccc([N+](=O)[O-])c1. The molecule has 3 aromatic rings. The van der Waals surface area contributed by atoms with Gasteiger partial charge in [-0.2, -0.15) is 0 Å². The summed E-state index contributed by atoms with van der Waals surface area (Å²) < 4.78 is 6.91. The first kappa shape index (κ1) is 23.9. The number of esters is 1. The maximum atomic E-state index is 13.5. The summed E-state index contributed by atoms with van der Waals surface area (Å²) in [4.78, 5) is 42.1. The Balaban J connectivity index is 1.98. The van der Waals surface area contributed by atoms with E-state index in [0.29, 0.717) is 36.2 Å². The number of hydrogen-bond donors (Lipinski definition) is 0. The Hall–Kier alpha value is -3.27. The van der Waals surface area contributed by atoms with Gasteiger partial charge in [0, 0.05) is 22.2 Å². The summed E-state index contributed by atoms with van der Waals surface area (Å²) in [6.07, 6.45) is 1.62. The van der Waals surface area contributed by atoms with E-state index < -0.39 is 22.5 Å². The smallest absolute Gasteiger partial charge is 0.338 e. The zero-order valence-corrected chi connectivity index (χ0v) is 20.3. The average molecular weight is 518 g/mol. The van der Waals surface area contributed by atoms with E-state index in [4.69, 9.17) is 27.9 Å². The number of ether oxygens (including phenoxy) is 1. The summed E-state index contributed by atoms with van der Waals surface area (Å²) in [5, 5.41) is 12.2. The first-order valence-corrected chi connectivity index (χ1v) is 11.7. The van der Waals surface area contributed by atoms with Gasteiger partial charge in [0.05, 0.1) is 33.4 Å². The van der Waals surface area contributed by atoms with Gasteiger partial charge in [0.15, 0.2) is 4.80 Å². The van der Waals surface area contributed by atoms with Crippen molar-refractivity contribution in [1.29, 1.82) is 0 Å². The molecule has 0 fully saturated rings. The Morgan fingerprint density at radius 1 is 1.29 bits per heavy atom. The number of fused-ring (bicyclic) bond motifs is 1. The van der Waals surface area contributed by atoms with Gasteiger partial charge in [-0.05, 0) is 43.2 Å². The minimum absolute atomic E-state index is 0.122.